The van der Waals surface area contributed by atoms with Crippen LogP contribution in [0, 0.1) is 6.92 Å². The maximum absolute atomic E-state index is 13.1. The molecule has 1 fully saturated rings. The molecule has 0 saturated carbocycles. The Bertz CT molecular complexity index is 642. The number of H-pyrrole nitrogens is 1. The van der Waals surface area contributed by atoms with E-state index in [1.807, 2.05) is 36.1 Å². The number of aryl methyl sites for hydroxylation is 1. The Kier molecular flexibility index (Phi) is 4.14. The molecule has 1 aliphatic heterocycles. The first-order chi connectivity index (χ1) is 10.5. The zero-order chi connectivity index (χ0) is 15.7. The molecule has 22 heavy (non-hydrogen) atoms. The highest BCUT2D eigenvalue weighted by molar-refractivity contribution is 5.85. The Morgan fingerprint density at radius 1 is 1.18 bits per heavy atom. The average Bonchev–Trinajstić information content (AvgIpc) is 2.81. The third kappa shape index (κ3) is 3.13. The molecule has 3 nitrogen and oxygen atoms in total. The Labute approximate surface area is 127 Å². The molecule has 1 aromatic heterocycles. The van der Waals surface area contributed by atoms with Crippen LogP contribution in [0.1, 0.15) is 23.7 Å². The lowest BCUT2D eigenvalue weighted by molar-refractivity contribution is -0.148. The molecule has 3 rings (SSSR count). The fourth-order valence-corrected chi connectivity index (χ4v) is 3.35. The minimum Gasteiger partial charge on any atom is -0.358 e. The summed E-state index contributed by atoms with van der Waals surface area (Å²) in [4.78, 5) is 5.17. The number of alkyl halides is 3. The highest BCUT2D eigenvalue weighted by Gasteiger charge is 2.37. The van der Waals surface area contributed by atoms with Crippen molar-refractivity contribution in [1.29, 1.82) is 0 Å². The first-order valence-electron chi connectivity index (χ1n) is 7.54. The third-order valence-electron chi connectivity index (χ3n) is 4.29. The second-order valence-electron chi connectivity index (χ2n) is 5.83. The molecular weight excluding hydrogens is 291 g/mol. The van der Waals surface area contributed by atoms with Gasteiger partial charge in [-0.05, 0) is 18.6 Å². The first kappa shape index (κ1) is 15.4. The largest absolute Gasteiger partial charge is 0.390 e. The van der Waals surface area contributed by atoms with Gasteiger partial charge in [0, 0.05) is 48.8 Å². The van der Waals surface area contributed by atoms with Crippen molar-refractivity contribution in [1.82, 2.24) is 15.2 Å². The van der Waals surface area contributed by atoms with Crippen molar-refractivity contribution in [3.63, 3.8) is 0 Å². The standard InChI is InChI=1S/C16H20F3N3/c1-11-15(12-4-2-3-5-13(12)21-11)14(10-16(17,18)19)22-8-6-20-7-9-22/h2-5,14,20-21H,6-10H2,1H3/t14-/m0/s1. The summed E-state index contributed by atoms with van der Waals surface area (Å²) in [7, 11) is 0. The van der Waals surface area contributed by atoms with E-state index in [0.29, 0.717) is 13.1 Å². The summed E-state index contributed by atoms with van der Waals surface area (Å²) in [6.45, 7) is 4.60. The van der Waals surface area contributed by atoms with E-state index in [9.17, 15) is 13.2 Å². The molecule has 2 N–H and O–H groups in total. The van der Waals surface area contributed by atoms with E-state index >= 15 is 0 Å². The highest BCUT2D eigenvalue weighted by atomic mass is 19.4. The quantitative estimate of drug-likeness (QED) is 0.910. The minimum atomic E-state index is -4.18. The van der Waals surface area contributed by atoms with Crippen LogP contribution in [0.5, 0.6) is 0 Å². The van der Waals surface area contributed by atoms with E-state index in [0.717, 1.165) is 35.2 Å². The van der Waals surface area contributed by atoms with Crippen molar-refractivity contribution in [3.05, 3.63) is 35.5 Å². The van der Waals surface area contributed by atoms with Gasteiger partial charge in [0.2, 0.25) is 0 Å². The molecule has 0 bridgehead atoms. The molecule has 120 valence electrons. The normalized spacial score (nSPS) is 18.7. The number of rotatable bonds is 3. The minimum absolute atomic E-state index is 0.627. The number of aromatic amines is 1. The summed E-state index contributed by atoms with van der Waals surface area (Å²) in [6, 6.07) is 6.96. The molecule has 1 aromatic carbocycles. The SMILES string of the molecule is Cc1[nH]c2ccccc2c1[C@H](CC(F)(F)F)N1CCNCC1. The van der Waals surface area contributed by atoms with Crippen LogP contribution in [0.3, 0.4) is 0 Å². The van der Waals surface area contributed by atoms with Gasteiger partial charge in [0.05, 0.1) is 6.42 Å². The Balaban J connectivity index is 2.04. The Morgan fingerprint density at radius 3 is 2.55 bits per heavy atom. The van der Waals surface area contributed by atoms with E-state index in [1.54, 1.807) is 0 Å². The number of halogens is 3. The van der Waals surface area contributed by atoms with Gasteiger partial charge in [0.1, 0.15) is 0 Å². The number of aromatic nitrogens is 1. The maximum Gasteiger partial charge on any atom is 0.390 e. The lowest BCUT2D eigenvalue weighted by Crippen LogP contribution is -2.46. The van der Waals surface area contributed by atoms with E-state index in [2.05, 4.69) is 10.3 Å². The summed E-state index contributed by atoms with van der Waals surface area (Å²) in [6.07, 6.45) is -4.99. The van der Waals surface area contributed by atoms with Crippen LogP contribution < -0.4 is 5.32 Å². The van der Waals surface area contributed by atoms with Crippen LogP contribution in [-0.4, -0.2) is 42.2 Å². The van der Waals surface area contributed by atoms with Gasteiger partial charge in [-0.25, -0.2) is 0 Å². The molecule has 1 saturated heterocycles. The van der Waals surface area contributed by atoms with Gasteiger partial charge in [-0.1, -0.05) is 18.2 Å². The molecule has 2 heterocycles. The van der Waals surface area contributed by atoms with Crippen molar-refractivity contribution >= 4 is 10.9 Å². The van der Waals surface area contributed by atoms with Gasteiger partial charge < -0.3 is 10.3 Å². The number of para-hydroxylation sites is 1. The first-order valence-corrected chi connectivity index (χ1v) is 7.54. The summed E-state index contributed by atoms with van der Waals surface area (Å²) in [5.41, 5.74) is 2.51. The second-order valence-corrected chi connectivity index (χ2v) is 5.83. The molecule has 0 amide bonds. The van der Waals surface area contributed by atoms with Crippen LogP contribution in [-0.2, 0) is 0 Å². The number of benzene rings is 1. The Morgan fingerprint density at radius 2 is 1.86 bits per heavy atom. The van der Waals surface area contributed by atoms with Gasteiger partial charge >= 0.3 is 6.18 Å². The van der Waals surface area contributed by atoms with Gasteiger partial charge in [0.25, 0.3) is 0 Å². The molecule has 0 unspecified atom stereocenters. The number of fused-ring (bicyclic) bond motifs is 1. The monoisotopic (exact) mass is 311 g/mol. The lowest BCUT2D eigenvalue weighted by atomic mass is 9.97. The fourth-order valence-electron chi connectivity index (χ4n) is 3.35. The van der Waals surface area contributed by atoms with Gasteiger partial charge in [-0.3, -0.25) is 4.90 Å². The Hall–Kier alpha value is -1.53. The molecule has 2 aromatic rings. The zero-order valence-electron chi connectivity index (χ0n) is 12.5. The maximum atomic E-state index is 13.1. The van der Waals surface area contributed by atoms with Gasteiger partial charge in [-0.2, -0.15) is 13.2 Å². The lowest BCUT2D eigenvalue weighted by Gasteiger charge is -2.35. The highest BCUT2D eigenvalue weighted by Crippen LogP contribution is 2.38. The molecular formula is C16H20F3N3. The summed E-state index contributed by atoms with van der Waals surface area (Å²) >= 11 is 0. The van der Waals surface area contributed by atoms with Crippen LogP contribution in [0.4, 0.5) is 13.2 Å². The molecule has 0 radical (unpaired) electrons. The molecule has 1 atom stereocenters. The molecule has 0 aliphatic carbocycles. The van der Waals surface area contributed by atoms with Gasteiger partial charge in [-0.15, -0.1) is 0 Å². The summed E-state index contributed by atoms with van der Waals surface area (Å²) in [5, 5.41) is 4.09. The zero-order valence-corrected chi connectivity index (χ0v) is 12.5. The van der Waals surface area contributed by atoms with Crippen molar-refractivity contribution < 1.29 is 13.2 Å². The summed E-state index contributed by atoms with van der Waals surface area (Å²) < 4.78 is 39.4. The summed E-state index contributed by atoms with van der Waals surface area (Å²) in [5.74, 6) is 0. The van der Waals surface area contributed by atoms with E-state index in [1.165, 1.54) is 0 Å². The fraction of sp³-hybridized carbons (Fsp3) is 0.500. The van der Waals surface area contributed by atoms with Crippen molar-refractivity contribution in [2.75, 3.05) is 26.2 Å². The molecule has 6 heteroatoms. The topological polar surface area (TPSA) is 31.1 Å². The van der Waals surface area contributed by atoms with Crippen LogP contribution in [0.2, 0.25) is 0 Å². The predicted octanol–water partition coefficient (Wildman–Crippen LogP) is 3.38. The van der Waals surface area contributed by atoms with Crippen LogP contribution in [0.15, 0.2) is 24.3 Å². The van der Waals surface area contributed by atoms with Gasteiger partial charge in [0.15, 0.2) is 0 Å². The van der Waals surface area contributed by atoms with Crippen LogP contribution in [0.25, 0.3) is 10.9 Å². The van der Waals surface area contributed by atoms with Crippen molar-refractivity contribution in [3.8, 4) is 0 Å². The van der Waals surface area contributed by atoms with E-state index < -0.39 is 18.6 Å². The molecule has 0 spiro atoms. The van der Waals surface area contributed by atoms with Crippen LogP contribution >= 0.6 is 0 Å². The average molecular weight is 311 g/mol. The van der Waals surface area contributed by atoms with Crippen molar-refractivity contribution in [2.24, 2.45) is 0 Å². The second kappa shape index (κ2) is 5.93. The van der Waals surface area contributed by atoms with E-state index in [-0.39, 0.29) is 0 Å². The number of nitrogens with one attached hydrogen (secondary N) is 2. The molecule has 1 aliphatic rings. The predicted molar refractivity (Wildman–Crippen MR) is 80.9 cm³/mol. The smallest absolute Gasteiger partial charge is 0.358 e. The van der Waals surface area contributed by atoms with E-state index in [4.69, 9.17) is 0 Å². The number of nitrogens with zero attached hydrogens (tertiary/aromatic N) is 1. The number of hydrogen-bond donors (Lipinski definition) is 2. The van der Waals surface area contributed by atoms with Crippen molar-refractivity contribution in [2.45, 2.75) is 25.6 Å². The third-order valence-corrected chi connectivity index (χ3v) is 4.29. The number of hydrogen-bond acceptors (Lipinski definition) is 2. The number of piperazine rings is 1.